The number of rotatable bonds is 6. The average molecular weight is 880 g/mol. The fourth-order valence-corrected chi connectivity index (χ4v) is 8.07. The molecule has 0 bridgehead atoms. The van der Waals surface area contributed by atoms with Gasteiger partial charge in [0.2, 0.25) is 11.4 Å². The summed E-state index contributed by atoms with van der Waals surface area (Å²) in [6.07, 6.45) is 1.89. The normalized spacial score (nSPS) is 18.2. The maximum absolute atomic E-state index is 7.94. The smallest absolute Gasteiger partial charge is 0.225 e. The maximum atomic E-state index is 7.94. The van der Waals surface area contributed by atoms with Crippen molar-refractivity contribution in [3.63, 3.8) is 0 Å². The van der Waals surface area contributed by atoms with E-state index in [1.54, 1.807) is 0 Å². The molecule has 7 heteroatoms. The summed E-state index contributed by atoms with van der Waals surface area (Å²) in [5.74, 6) is 2.05. The van der Waals surface area contributed by atoms with Crippen LogP contribution in [0, 0.1) is 25.4 Å². The maximum Gasteiger partial charge on any atom is 0.225 e. The molecule has 54 heavy (non-hydrogen) atoms. The summed E-state index contributed by atoms with van der Waals surface area (Å²) in [6, 6.07) is 55.1. The van der Waals surface area contributed by atoms with Crippen LogP contribution < -0.4 is 13.9 Å². The molecular formula is C47H34N5OPt-. The van der Waals surface area contributed by atoms with E-state index in [1.165, 1.54) is 16.9 Å². The fourth-order valence-electron chi connectivity index (χ4n) is 8.07. The Morgan fingerprint density at radius 2 is 1.44 bits per heavy atom. The van der Waals surface area contributed by atoms with Crippen molar-refractivity contribution in [3.8, 4) is 28.4 Å². The number of para-hydroxylation sites is 3. The predicted molar refractivity (Wildman–Crippen MR) is 213 cm³/mol. The van der Waals surface area contributed by atoms with Crippen LogP contribution in [0.4, 0.5) is 28.4 Å². The van der Waals surface area contributed by atoms with E-state index in [-0.39, 0.29) is 26.5 Å². The summed E-state index contributed by atoms with van der Waals surface area (Å²) in [5, 5.41) is 2.22. The Labute approximate surface area is 329 Å². The molecule has 0 amide bonds. The Hall–Kier alpha value is -5.83. The van der Waals surface area contributed by atoms with Gasteiger partial charge in [0.1, 0.15) is 5.82 Å². The van der Waals surface area contributed by atoms with Crippen LogP contribution in [0.15, 0.2) is 146 Å². The van der Waals surface area contributed by atoms with Gasteiger partial charge in [0.05, 0.1) is 12.3 Å². The second-order valence-corrected chi connectivity index (χ2v) is 14.8. The molecule has 2 aromatic heterocycles. The van der Waals surface area contributed by atoms with Crippen LogP contribution in [0.5, 0.6) is 11.5 Å². The van der Waals surface area contributed by atoms with Gasteiger partial charge in [0.25, 0.3) is 0 Å². The van der Waals surface area contributed by atoms with Crippen molar-refractivity contribution in [1.82, 2.24) is 18.7 Å². The van der Waals surface area contributed by atoms with Crippen LogP contribution in [0.2, 0.25) is 0 Å². The van der Waals surface area contributed by atoms with Gasteiger partial charge < -0.3 is 9.30 Å². The molecule has 2 aliphatic heterocycles. The van der Waals surface area contributed by atoms with Crippen molar-refractivity contribution in [2.45, 2.75) is 26.2 Å². The van der Waals surface area contributed by atoms with E-state index in [1.807, 2.05) is 54.7 Å². The van der Waals surface area contributed by atoms with Gasteiger partial charge in [-0.05, 0) is 51.8 Å². The van der Waals surface area contributed by atoms with Crippen molar-refractivity contribution in [2.24, 2.45) is 0 Å². The molecular weight excluding hydrogens is 846 g/mol. The monoisotopic (exact) mass is 879 g/mol. The van der Waals surface area contributed by atoms with Crippen LogP contribution in [0.25, 0.3) is 43.6 Å². The summed E-state index contributed by atoms with van der Waals surface area (Å²) in [5.41, 5.74) is 10.2. The second kappa shape index (κ2) is 12.4. The minimum Gasteiger partial charge on any atom is -0.509 e. The van der Waals surface area contributed by atoms with Crippen molar-refractivity contribution in [3.05, 3.63) is 182 Å². The first-order valence-electron chi connectivity index (χ1n) is 17.8. The summed E-state index contributed by atoms with van der Waals surface area (Å²) in [7, 11) is 0. The standard InChI is InChI=1S/C47H34N5O.Pt/c1-47(2,3)34-23-24-49-46(27-34)50-42-18-9-8-17-40(42)41-22-21-39(30-43(41)50)53-38-16-12-15-36(29-38)51-31-52(51,45-20-11-10-19-44(45)51)37-26-33(25-35(28-37)48-4)32-13-6-5-7-14-32;/h5-28,31H,1-3H3;/q-1;/t51?,52-;/m0./s1. The van der Waals surface area contributed by atoms with Gasteiger partial charge in [-0.3, -0.25) is 0 Å². The molecule has 0 radical (unpaired) electrons. The number of nitrogens with zero attached hydrogens (tertiary/aromatic N) is 5. The molecule has 1 saturated heterocycles. The summed E-state index contributed by atoms with van der Waals surface area (Å²) in [6.45, 7) is 16.9. The number of aromatic nitrogens is 2. The van der Waals surface area contributed by atoms with E-state index in [4.69, 9.17) is 16.3 Å². The molecule has 10 rings (SSSR count). The zero-order chi connectivity index (χ0) is 36.0. The van der Waals surface area contributed by atoms with Crippen molar-refractivity contribution >= 4 is 50.2 Å². The third-order valence-corrected chi connectivity index (χ3v) is 10.7. The van der Waals surface area contributed by atoms with Gasteiger partial charge in [0, 0.05) is 68.5 Å². The van der Waals surface area contributed by atoms with Crippen molar-refractivity contribution in [1.29, 1.82) is 0 Å². The minimum atomic E-state index is -0.0204. The first kappa shape index (κ1) is 34.0. The van der Waals surface area contributed by atoms with Gasteiger partial charge in [-0.25, -0.2) is 14.4 Å². The number of ether oxygens (including phenoxy) is 1. The molecule has 264 valence electrons. The van der Waals surface area contributed by atoms with E-state index < -0.39 is 0 Å². The van der Waals surface area contributed by atoms with E-state index in [0.717, 1.165) is 50.1 Å². The third kappa shape index (κ3) is 4.93. The largest absolute Gasteiger partial charge is 0.509 e. The molecule has 8 aromatic rings. The van der Waals surface area contributed by atoms with Crippen LogP contribution in [-0.2, 0) is 26.5 Å². The van der Waals surface area contributed by atoms with E-state index in [2.05, 4.69) is 140 Å². The first-order chi connectivity index (χ1) is 25.8. The molecule has 6 aromatic carbocycles. The number of quaternary nitrogens is 2. The van der Waals surface area contributed by atoms with Crippen LogP contribution in [0.1, 0.15) is 26.3 Å². The summed E-state index contributed by atoms with van der Waals surface area (Å²) in [4.78, 5) is 8.70. The molecule has 0 aliphatic carbocycles. The third-order valence-electron chi connectivity index (χ3n) is 10.7. The Bertz CT molecular complexity index is 2820. The first-order valence-corrected chi connectivity index (χ1v) is 17.8. The molecule has 1 unspecified atom stereocenters. The minimum absolute atomic E-state index is 0. The zero-order valence-electron chi connectivity index (χ0n) is 29.9. The Morgan fingerprint density at radius 3 is 2.24 bits per heavy atom. The Balaban J connectivity index is 0.00000384. The quantitative estimate of drug-likeness (QED) is 0.0947. The van der Waals surface area contributed by atoms with Gasteiger partial charge in [-0.2, -0.15) is 16.7 Å². The van der Waals surface area contributed by atoms with Crippen LogP contribution >= 0.6 is 0 Å². The predicted octanol–water partition coefficient (Wildman–Crippen LogP) is 12.4. The van der Waals surface area contributed by atoms with Gasteiger partial charge in [-0.15, -0.1) is 29.7 Å². The Kier molecular flexibility index (Phi) is 7.78. The molecule has 6 nitrogen and oxygen atoms in total. The second-order valence-electron chi connectivity index (χ2n) is 14.8. The molecule has 0 N–H and O–H groups in total. The van der Waals surface area contributed by atoms with E-state index in [9.17, 15) is 0 Å². The van der Waals surface area contributed by atoms with Crippen molar-refractivity contribution < 1.29 is 25.8 Å². The summed E-state index contributed by atoms with van der Waals surface area (Å²) >= 11 is 0. The molecule has 4 heterocycles. The molecule has 0 saturated carbocycles. The van der Waals surface area contributed by atoms with Gasteiger partial charge in [-0.1, -0.05) is 93.0 Å². The number of fused-ring (bicyclic) bond motifs is 7. The van der Waals surface area contributed by atoms with E-state index >= 15 is 0 Å². The molecule has 0 spiro atoms. The van der Waals surface area contributed by atoms with E-state index in [0.29, 0.717) is 26.4 Å². The van der Waals surface area contributed by atoms with Crippen molar-refractivity contribution in [2.75, 3.05) is 0 Å². The number of hydrogen-bond donors (Lipinski definition) is 0. The number of pyridine rings is 1. The summed E-state index contributed by atoms with van der Waals surface area (Å²) < 4.78 is 9.70. The van der Waals surface area contributed by atoms with Crippen LogP contribution in [0.3, 0.4) is 0 Å². The fraction of sp³-hybridized carbons (Fsp3) is 0.0851. The zero-order valence-corrected chi connectivity index (χ0v) is 32.2. The SMILES string of the molecule is [C-]#[N+]c1cc(-c2ccccc2)cc([N@+]23[CH-][N+]2(c2[c-]c(Oc4[c-]c5c(cc4)c4ccccc4n5-c4cc(C(C)(C)C)ccn4)ccc2)c2ccccc23)c1.[Pt]. The van der Waals surface area contributed by atoms with Crippen LogP contribution in [-0.4, -0.2) is 9.55 Å². The number of benzene rings is 6. The molecule has 2 aliphatic rings. The van der Waals surface area contributed by atoms with Gasteiger partial charge in [0.15, 0.2) is 18.0 Å². The average Bonchev–Trinajstić information content (AvgIpc) is 3.68. The Morgan fingerprint density at radius 1 is 0.704 bits per heavy atom. The molecule has 2 atom stereocenters. The van der Waals surface area contributed by atoms with Gasteiger partial charge >= 0.3 is 0 Å². The number of hydrogen-bond acceptors (Lipinski definition) is 2. The molecule has 1 fully saturated rings. The topological polar surface area (TPSA) is 31.4 Å².